The molecule has 0 aliphatic rings. The normalized spacial score (nSPS) is 11.4. The number of hydrogen-bond donors (Lipinski definition) is 2. The molecule has 1 aromatic carbocycles. The number of anilines is 2. The number of nitrogens with one attached hydrogen (secondary N) is 1. The molecular weight excluding hydrogens is 288 g/mol. The van der Waals surface area contributed by atoms with Crippen LogP contribution in [0.1, 0.15) is 19.4 Å². The summed E-state index contributed by atoms with van der Waals surface area (Å²) in [6.45, 7) is 3.30. The van der Waals surface area contributed by atoms with Gasteiger partial charge in [-0.25, -0.2) is 8.78 Å². The molecule has 2 rings (SSSR count). The van der Waals surface area contributed by atoms with Gasteiger partial charge in [-0.3, -0.25) is 0 Å². The zero-order chi connectivity index (χ0) is 14.9. The van der Waals surface area contributed by atoms with Crippen molar-refractivity contribution in [2.45, 2.75) is 19.4 Å². The first-order chi connectivity index (χ1) is 9.29. The van der Waals surface area contributed by atoms with Crippen LogP contribution in [0.5, 0.6) is 0 Å². The van der Waals surface area contributed by atoms with Gasteiger partial charge in [-0.15, -0.1) is 0 Å². The fourth-order valence-corrected chi connectivity index (χ4v) is 1.92. The number of halogens is 3. The van der Waals surface area contributed by atoms with Crippen LogP contribution in [0.25, 0.3) is 0 Å². The minimum atomic E-state index is -0.969. The van der Waals surface area contributed by atoms with E-state index in [-0.39, 0.29) is 22.7 Å². The third kappa shape index (κ3) is 2.93. The third-order valence-electron chi connectivity index (χ3n) is 2.67. The highest BCUT2D eigenvalue weighted by molar-refractivity contribution is 6.28. The molecule has 0 unspecified atom stereocenters. The predicted molar refractivity (Wildman–Crippen MR) is 72.3 cm³/mol. The van der Waals surface area contributed by atoms with Crippen LogP contribution in [0.4, 0.5) is 20.7 Å². The molecule has 0 radical (unpaired) electrons. The van der Waals surface area contributed by atoms with Gasteiger partial charge in [-0.05, 0) is 31.5 Å². The Morgan fingerprint density at radius 3 is 2.55 bits per heavy atom. The van der Waals surface area contributed by atoms with Crippen molar-refractivity contribution in [3.05, 3.63) is 40.7 Å². The summed E-state index contributed by atoms with van der Waals surface area (Å²) in [5.41, 5.74) is 4.61. The Morgan fingerprint density at radius 2 is 1.90 bits per heavy atom. The monoisotopic (exact) mass is 299 g/mol. The Balaban J connectivity index is 2.37. The molecule has 1 aromatic heterocycles. The van der Waals surface area contributed by atoms with E-state index in [9.17, 15) is 8.78 Å². The van der Waals surface area contributed by atoms with Crippen LogP contribution in [-0.4, -0.2) is 15.0 Å². The molecule has 0 spiro atoms. The number of hydrogen-bond acceptors (Lipinski definition) is 5. The van der Waals surface area contributed by atoms with Crippen LogP contribution in [-0.2, 0) is 5.54 Å². The maximum Gasteiger partial charge on any atom is 0.229 e. The molecule has 2 aromatic rings. The number of aromatic nitrogens is 3. The van der Waals surface area contributed by atoms with Crippen molar-refractivity contribution in [1.82, 2.24) is 15.0 Å². The van der Waals surface area contributed by atoms with Crippen LogP contribution in [0.2, 0.25) is 5.28 Å². The lowest BCUT2D eigenvalue weighted by molar-refractivity contribution is 0.468. The fraction of sp³-hybridized carbons (Fsp3) is 0.250. The number of nitrogen functional groups attached to an aromatic ring is 1. The summed E-state index contributed by atoms with van der Waals surface area (Å²) in [6.07, 6.45) is 0. The van der Waals surface area contributed by atoms with Crippen LogP contribution >= 0.6 is 11.6 Å². The first kappa shape index (κ1) is 14.4. The summed E-state index contributed by atoms with van der Waals surface area (Å²) in [4.78, 5) is 11.3. The lowest BCUT2D eigenvalue weighted by Gasteiger charge is -2.27. The SMILES string of the molecule is CC(C)(Nc1nc(N)nc(Cl)n1)c1cccc(F)c1F. The van der Waals surface area contributed by atoms with E-state index in [2.05, 4.69) is 20.3 Å². The highest BCUT2D eigenvalue weighted by atomic mass is 35.5. The number of nitrogens with two attached hydrogens (primary N) is 1. The topological polar surface area (TPSA) is 76.7 Å². The van der Waals surface area contributed by atoms with E-state index in [0.29, 0.717) is 0 Å². The van der Waals surface area contributed by atoms with Gasteiger partial charge in [0.15, 0.2) is 11.6 Å². The maximum absolute atomic E-state index is 13.8. The van der Waals surface area contributed by atoms with E-state index < -0.39 is 17.2 Å². The zero-order valence-electron chi connectivity index (χ0n) is 10.8. The molecule has 5 nitrogen and oxygen atoms in total. The molecule has 0 aliphatic heterocycles. The van der Waals surface area contributed by atoms with Crippen molar-refractivity contribution in [2.75, 3.05) is 11.1 Å². The van der Waals surface area contributed by atoms with Gasteiger partial charge in [-0.2, -0.15) is 15.0 Å². The van der Waals surface area contributed by atoms with E-state index in [4.69, 9.17) is 17.3 Å². The second kappa shape index (κ2) is 5.16. The van der Waals surface area contributed by atoms with Gasteiger partial charge in [-0.1, -0.05) is 12.1 Å². The first-order valence-corrected chi connectivity index (χ1v) is 6.07. The summed E-state index contributed by atoms with van der Waals surface area (Å²) in [6, 6.07) is 3.94. The highest BCUT2D eigenvalue weighted by Gasteiger charge is 2.26. The van der Waals surface area contributed by atoms with Crippen molar-refractivity contribution in [3.63, 3.8) is 0 Å². The van der Waals surface area contributed by atoms with Crippen LogP contribution in [0.15, 0.2) is 18.2 Å². The highest BCUT2D eigenvalue weighted by Crippen LogP contribution is 2.27. The lowest BCUT2D eigenvalue weighted by atomic mass is 9.94. The van der Waals surface area contributed by atoms with Crippen molar-refractivity contribution in [1.29, 1.82) is 0 Å². The van der Waals surface area contributed by atoms with Crippen molar-refractivity contribution in [2.24, 2.45) is 0 Å². The van der Waals surface area contributed by atoms with Crippen LogP contribution in [0.3, 0.4) is 0 Å². The molecule has 1 heterocycles. The molecule has 0 saturated carbocycles. The Bertz CT molecular complexity index is 627. The van der Waals surface area contributed by atoms with Gasteiger partial charge in [0.25, 0.3) is 0 Å². The molecule has 0 fully saturated rings. The van der Waals surface area contributed by atoms with E-state index in [1.807, 2.05) is 0 Å². The molecule has 106 valence electrons. The van der Waals surface area contributed by atoms with Crippen molar-refractivity contribution >= 4 is 23.5 Å². The minimum absolute atomic E-state index is 0.0667. The van der Waals surface area contributed by atoms with Crippen LogP contribution < -0.4 is 11.1 Å². The van der Waals surface area contributed by atoms with Gasteiger partial charge in [0.1, 0.15) is 0 Å². The molecule has 0 aliphatic carbocycles. The average molecular weight is 300 g/mol. The maximum atomic E-state index is 13.8. The van der Waals surface area contributed by atoms with E-state index in [0.717, 1.165) is 6.07 Å². The van der Waals surface area contributed by atoms with Gasteiger partial charge >= 0.3 is 0 Å². The second-order valence-electron chi connectivity index (χ2n) is 4.64. The van der Waals surface area contributed by atoms with Gasteiger partial charge in [0.2, 0.25) is 17.2 Å². The largest absolute Gasteiger partial charge is 0.368 e. The van der Waals surface area contributed by atoms with E-state index >= 15 is 0 Å². The van der Waals surface area contributed by atoms with Gasteiger partial charge in [0, 0.05) is 5.56 Å². The van der Waals surface area contributed by atoms with Crippen LogP contribution in [0, 0.1) is 11.6 Å². The summed E-state index contributed by atoms with van der Waals surface area (Å²) in [7, 11) is 0. The van der Waals surface area contributed by atoms with Gasteiger partial charge < -0.3 is 11.1 Å². The Labute approximate surface area is 119 Å². The minimum Gasteiger partial charge on any atom is -0.368 e. The van der Waals surface area contributed by atoms with Crippen molar-refractivity contribution in [3.8, 4) is 0 Å². The average Bonchev–Trinajstić information content (AvgIpc) is 2.30. The predicted octanol–water partition coefficient (Wildman–Crippen LogP) is 2.73. The van der Waals surface area contributed by atoms with Gasteiger partial charge in [0.05, 0.1) is 5.54 Å². The molecule has 0 atom stereocenters. The molecule has 0 amide bonds. The van der Waals surface area contributed by atoms with Crippen molar-refractivity contribution < 1.29 is 8.78 Å². The summed E-state index contributed by atoms with van der Waals surface area (Å²) in [5, 5.41) is 2.76. The number of benzene rings is 1. The second-order valence-corrected chi connectivity index (χ2v) is 4.98. The Morgan fingerprint density at radius 1 is 1.20 bits per heavy atom. The molecule has 0 bridgehead atoms. The fourth-order valence-electron chi connectivity index (χ4n) is 1.75. The number of rotatable bonds is 3. The zero-order valence-corrected chi connectivity index (χ0v) is 11.5. The summed E-state index contributed by atoms with van der Waals surface area (Å²) >= 11 is 5.67. The molecular formula is C12H12ClF2N5. The summed E-state index contributed by atoms with van der Waals surface area (Å²) < 4.78 is 27.1. The quantitative estimate of drug-likeness (QED) is 0.911. The van der Waals surface area contributed by atoms with E-state index in [1.54, 1.807) is 13.8 Å². The molecule has 8 heteroatoms. The third-order valence-corrected chi connectivity index (χ3v) is 2.84. The molecule has 0 saturated heterocycles. The number of nitrogens with zero attached hydrogens (tertiary/aromatic N) is 3. The van der Waals surface area contributed by atoms with E-state index in [1.165, 1.54) is 12.1 Å². The lowest BCUT2D eigenvalue weighted by Crippen LogP contribution is -2.30. The molecule has 3 N–H and O–H groups in total. The smallest absolute Gasteiger partial charge is 0.229 e. The Hall–Kier alpha value is -2.02. The summed E-state index contributed by atoms with van der Waals surface area (Å²) in [5.74, 6) is -1.84. The Kier molecular flexibility index (Phi) is 3.71. The standard InChI is InChI=1S/C12H12ClF2N5/c1-12(2,6-4-3-5-7(14)8(6)15)20-11-18-9(13)17-10(16)19-11/h3-5H,1-2H3,(H3,16,17,18,19,20). The first-order valence-electron chi connectivity index (χ1n) is 5.69. The molecule has 20 heavy (non-hydrogen) atoms.